The molecule has 3 rings (SSSR count). The maximum absolute atomic E-state index is 14.9. The van der Waals surface area contributed by atoms with E-state index in [0.717, 1.165) is 10.8 Å². The minimum Gasteiger partial charge on any atom is -0.462 e. The van der Waals surface area contributed by atoms with Gasteiger partial charge in [-0.2, -0.15) is 5.09 Å². The first-order valence-corrected chi connectivity index (χ1v) is 12.7. The summed E-state index contributed by atoms with van der Waals surface area (Å²) in [7, 11) is -4.30. The number of aliphatic hydroxyl groups excluding tert-OH is 1. The van der Waals surface area contributed by atoms with Gasteiger partial charge in [-0.1, -0.05) is 18.2 Å². The van der Waals surface area contributed by atoms with Crippen LogP contribution in [0.3, 0.4) is 0 Å². The number of nitrogens with one attached hydrogen (secondary N) is 2. The van der Waals surface area contributed by atoms with Gasteiger partial charge in [0.1, 0.15) is 24.0 Å². The smallest absolute Gasteiger partial charge is 0.459 e. The van der Waals surface area contributed by atoms with Crippen LogP contribution in [0.15, 0.2) is 46.1 Å². The molecule has 3 N–H and O–H groups in total. The van der Waals surface area contributed by atoms with Crippen LogP contribution in [-0.4, -0.2) is 57.8 Å². The number of aromatic nitrogens is 2. The molecule has 0 bridgehead atoms. The first-order chi connectivity index (χ1) is 16.9. The molecule has 36 heavy (non-hydrogen) atoms. The van der Waals surface area contributed by atoms with Crippen molar-refractivity contribution < 1.29 is 37.4 Å². The van der Waals surface area contributed by atoms with E-state index in [1.54, 1.807) is 32.0 Å². The number of aromatic amines is 1. The second-order valence-corrected chi connectivity index (χ2v) is 10.2. The molecule has 1 aromatic carbocycles. The number of hydrogen-bond acceptors (Lipinski definition) is 9. The second kappa shape index (κ2) is 11.5. The topological polar surface area (TPSA) is 158 Å². The number of hydrogen-bond donors (Lipinski definition) is 3. The minimum absolute atomic E-state index is 0.146. The summed E-state index contributed by atoms with van der Waals surface area (Å²) in [6, 6.07) is 6.84. The molecule has 2 heterocycles. The van der Waals surface area contributed by atoms with Crippen LogP contribution in [0.1, 0.15) is 32.6 Å². The van der Waals surface area contributed by atoms with Crippen LogP contribution < -0.4 is 20.9 Å². The number of carbonyl (C=O) groups is 1. The Labute approximate surface area is 205 Å². The number of nitrogens with zero attached hydrogens (tertiary/aromatic N) is 1. The van der Waals surface area contributed by atoms with Crippen molar-refractivity contribution in [3.05, 3.63) is 62.9 Å². The summed E-state index contributed by atoms with van der Waals surface area (Å²) in [5.41, 5.74) is -1.39. The number of para-hydroxylation sites is 1. The first kappa shape index (κ1) is 27.8. The molecular weight excluding hydrogens is 500 g/mol. The second-order valence-electron chi connectivity index (χ2n) is 8.51. The third-order valence-corrected chi connectivity index (χ3v) is 6.79. The number of carbonyl (C=O) groups excluding carboxylic acids is 1. The molecule has 2 unspecified atom stereocenters. The lowest BCUT2D eigenvalue weighted by Crippen LogP contribution is -2.37. The van der Waals surface area contributed by atoms with Gasteiger partial charge < -0.3 is 19.1 Å². The molecule has 0 spiro atoms. The zero-order valence-electron chi connectivity index (χ0n) is 20.1. The van der Waals surface area contributed by atoms with Gasteiger partial charge >= 0.3 is 19.4 Å². The largest absolute Gasteiger partial charge is 0.462 e. The Morgan fingerprint density at radius 3 is 2.58 bits per heavy atom. The lowest BCUT2D eigenvalue weighted by molar-refractivity contribution is -0.149. The molecule has 1 fully saturated rings. The molecule has 1 saturated heterocycles. The van der Waals surface area contributed by atoms with E-state index in [-0.39, 0.29) is 11.3 Å². The fraction of sp³-hybridized carbons (Fsp3) is 0.500. The SMILES string of the molecule is Cc1cn([C@@H]2O[C@H](COP(=O)(N[C@@H](C)C(=O)OC(C)C)Oc3ccccc3)[C@H](F)C2O)c(=O)[nH]c1=O. The lowest BCUT2D eigenvalue weighted by Gasteiger charge is -2.24. The van der Waals surface area contributed by atoms with E-state index in [2.05, 4.69) is 10.1 Å². The Bertz CT molecular complexity index is 1220. The predicted octanol–water partition coefficient (Wildman–Crippen LogP) is 1.57. The van der Waals surface area contributed by atoms with Crippen LogP contribution in [0.5, 0.6) is 5.75 Å². The highest BCUT2D eigenvalue weighted by molar-refractivity contribution is 7.52. The number of rotatable bonds is 10. The predicted molar refractivity (Wildman–Crippen MR) is 125 cm³/mol. The number of alkyl halides is 1. The maximum Gasteiger partial charge on any atom is 0.459 e. The highest BCUT2D eigenvalue weighted by Gasteiger charge is 2.47. The van der Waals surface area contributed by atoms with Crippen molar-refractivity contribution >= 4 is 13.7 Å². The quantitative estimate of drug-likeness (QED) is 0.305. The van der Waals surface area contributed by atoms with E-state index in [4.69, 9.17) is 18.5 Å². The third kappa shape index (κ3) is 6.68. The van der Waals surface area contributed by atoms with Crippen molar-refractivity contribution in [2.24, 2.45) is 0 Å². The van der Waals surface area contributed by atoms with Gasteiger partial charge in [-0.25, -0.2) is 13.8 Å². The van der Waals surface area contributed by atoms with E-state index < -0.39 is 68.3 Å². The highest BCUT2D eigenvalue weighted by atomic mass is 31.2. The zero-order valence-corrected chi connectivity index (χ0v) is 21.0. The fourth-order valence-corrected chi connectivity index (χ4v) is 4.86. The van der Waals surface area contributed by atoms with Gasteiger partial charge in [-0.05, 0) is 39.8 Å². The Morgan fingerprint density at radius 1 is 1.28 bits per heavy atom. The molecule has 1 aromatic heterocycles. The zero-order chi connectivity index (χ0) is 26.6. The van der Waals surface area contributed by atoms with E-state index in [1.165, 1.54) is 26.0 Å². The molecule has 12 nitrogen and oxygen atoms in total. The van der Waals surface area contributed by atoms with Crippen molar-refractivity contribution in [2.75, 3.05) is 6.61 Å². The summed E-state index contributed by atoms with van der Waals surface area (Å²) in [5.74, 6) is -0.565. The number of halogens is 1. The monoisotopic (exact) mass is 529 g/mol. The van der Waals surface area contributed by atoms with Crippen LogP contribution >= 0.6 is 7.75 Å². The average Bonchev–Trinajstić information content (AvgIpc) is 3.08. The molecule has 1 aliphatic heterocycles. The normalized spacial score (nSPS) is 24.3. The van der Waals surface area contributed by atoms with Crippen LogP contribution in [0.4, 0.5) is 4.39 Å². The number of H-pyrrole nitrogens is 1. The molecule has 0 saturated carbocycles. The minimum atomic E-state index is -4.30. The molecule has 198 valence electrons. The molecule has 6 atom stereocenters. The average molecular weight is 529 g/mol. The summed E-state index contributed by atoms with van der Waals surface area (Å²) in [6.45, 7) is 5.45. The van der Waals surface area contributed by atoms with Crippen molar-refractivity contribution in [1.82, 2.24) is 14.6 Å². The van der Waals surface area contributed by atoms with Gasteiger partial charge in [0.2, 0.25) is 0 Å². The third-order valence-electron chi connectivity index (χ3n) is 5.14. The van der Waals surface area contributed by atoms with Gasteiger partial charge in [0.25, 0.3) is 5.56 Å². The summed E-state index contributed by atoms with van der Waals surface area (Å²) in [4.78, 5) is 38.1. The first-order valence-electron chi connectivity index (χ1n) is 11.2. The molecule has 14 heteroatoms. The summed E-state index contributed by atoms with van der Waals surface area (Å²) >= 11 is 0. The number of esters is 1. The number of aliphatic hydroxyl groups is 1. The summed E-state index contributed by atoms with van der Waals surface area (Å²) in [5, 5.41) is 12.8. The van der Waals surface area contributed by atoms with Gasteiger partial charge in [0, 0.05) is 11.8 Å². The Morgan fingerprint density at radius 2 is 1.94 bits per heavy atom. The van der Waals surface area contributed by atoms with Gasteiger partial charge in [0.15, 0.2) is 12.4 Å². The Kier molecular flexibility index (Phi) is 8.85. The van der Waals surface area contributed by atoms with Crippen molar-refractivity contribution in [1.29, 1.82) is 0 Å². The summed E-state index contributed by atoms with van der Waals surface area (Å²) < 4.78 is 50.8. The van der Waals surface area contributed by atoms with E-state index >= 15 is 0 Å². The summed E-state index contributed by atoms with van der Waals surface area (Å²) in [6.07, 6.45) is -6.05. The van der Waals surface area contributed by atoms with E-state index in [1.807, 2.05) is 0 Å². The van der Waals surface area contributed by atoms with E-state index in [9.17, 15) is 28.4 Å². The fourth-order valence-electron chi connectivity index (χ4n) is 3.35. The van der Waals surface area contributed by atoms with Crippen molar-refractivity contribution in [2.45, 2.75) is 64.4 Å². The molecule has 0 aliphatic carbocycles. The van der Waals surface area contributed by atoms with Gasteiger partial charge in [0.05, 0.1) is 12.7 Å². The van der Waals surface area contributed by atoms with Crippen LogP contribution in [0, 0.1) is 6.92 Å². The van der Waals surface area contributed by atoms with Crippen molar-refractivity contribution in [3.63, 3.8) is 0 Å². The van der Waals surface area contributed by atoms with Crippen molar-refractivity contribution in [3.8, 4) is 5.75 Å². The Balaban J connectivity index is 1.77. The van der Waals surface area contributed by atoms with Crippen LogP contribution in [-0.2, 0) is 23.4 Å². The van der Waals surface area contributed by atoms with Crippen LogP contribution in [0.25, 0.3) is 0 Å². The highest BCUT2D eigenvalue weighted by Crippen LogP contribution is 2.46. The van der Waals surface area contributed by atoms with E-state index in [0.29, 0.717) is 0 Å². The number of benzene rings is 1. The Hall–Kier alpha value is -2.83. The molecule has 0 amide bonds. The lowest BCUT2D eigenvalue weighted by atomic mass is 10.1. The molecular formula is C22H29FN3O9P. The maximum atomic E-state index is 14.9. The number of aryl methyl sites for hydroxylation is 1. The molecule has 1 aliphatic rings. The van der Waals surface area contributed by atoms with Crippen LogP contribution in [0.2, 0.25) is 0 Å². The molecule has 0 radical (unpaired) electrons. The molecule has 2 aromatic rings. The standard InChI is InChI=1S/C22H29FN3O9P/c1-12(2)33-21(29)14(4)25-36(31,35-15-8-6-5-7-9-15)32-11-16-17(23)18(27)20(34-16)26-10-13(3)19(28)24-22(26)30/h5-10,12,14,16-18,20,27H,11H2,1-4H3,(H,25,31)(H,24,28,30)/t14-,16+,17-,18?,20+,36?/m0/s1. The van der Waals surface area contributed by atoms with Gasteiger partial charge in [-0.15, -0.1) is 0 Å². The number of ether oxygens (including phenoxy) is 2. The van der Waals surface area contributed by atoms with Gasteiger partial charge in [-0.3, -0.25) is 23.7 Å².